The molecule has 6 nitrogen and oxygen atoms in total. The number of hydrogen-bond donors (Lipinski definition) is 2. The quantitative estimate of drug-likeness (QED) is 0.773. The second-order valence-corrected chi connectivity index (χ2v) is 7.58. The molecule has 29 heavy (non-hydrogen) atoms. The molecule has 6 heteroatoms. The molecule has 2 aromatic carbocycles. The summed E-state index contributed by atoms with van der Waals surface area (Å²) in [6.07, 6.45) is 0.763. The predicted molar refractivity (Wildman–Crippen MR) is 109 cm³/mol. The van der Waals surface area contributed by atoms with Crippen molar-refractivity contribution in [2.24, 2.45) is 0 Å². The van der Waals surface area contributed by atoms with Crippen molar-refractivity contribution in [2.45, 2.75) is 51.9 Å². The van der Waals surface area contributed by atoms with Crippen molar-refractivity contribution in [1.29, 1.82) is 0 Å². The molecule has 2 aromatic rings. The fraction of sp³-hybridized carbons (Fsp3) is 0.391. The number of carbonyl (C=O) groups is 2. The summed E-state index contributed by atoms with van der Waals surface area (Å²) in [5.74, 6) is -0.567. The van der Waals surface area contributed by atoms with Crippen LogP contribution in [0.4, 0.5) is 0 Å². The van der Waals surface area contributed by atoms with Crippen LogP contribution in [0.15, 0.2) is 42.5 Å². The lowest BCUT2D eigenvalue weighted by molar-refractivity contribution is -0.139. The van der Waals surface area contributed by atoms with Crippen LogP contribution in [0.5, 0.6) is 5.75 Å². The third-order valence-corrected chi connectivity index (χ3v) is 5.04. The fourth-order valence-corrected chi connectivity index (χ4v) is 3.97. The van der Waals surface area contributed by atoms with Gasteiger partial charge in [0.05, 0.1) is 12.2 Å². The van der Waals surface area contributed by atoms with E-state index in [0.717, 1.165) is 22.3 Å². The van der Waals surface area contributed by atoms with E-state index >= 15 is 0 Å². The molecule has 154 valence electrons. The Morgan fingerprint density at radius 2 is 1.83 bits per heavy atom. The molecule has 0 aliphatic carbocycles. The molecule has 1 fully saturated rings. The van der Waals surface area contributed by atoms with Gasteiger partial charge in [-0.1, -0.05) is 42.0 Å². The van der Waals surface area contributed by atoms with E-state index in [0.29, 0.717) is 18.6 Å². The lowest BCUT2D eigenvalue weighted by Gasteiger charge is -2.37. The van der Waals surface area contributed by atoms with E-state index in [1.807, 2.05) is 56.3 Å². The Bertz CT molecular complexity index is 880. The first-order valence-electron chi connectivity index (χ1n) is 9.76. The van der Waals surface area contributed by atoms with Crippen LogP contribution in [-0.4, -0.2) is 29.6 Å². The molecule has 3 atom stereocenters. The third-order valence-electron chi connectivity index (χ3n) is 5.04. The summed E-state index contributed by atoms with van der Waals surface area (Å²) in [6, 6.07) is 13.8. The van der Waals surface area contributed by atoms with E-state index in [-0.39, 0.29) is 24.2 Å². The molecule has 1 aliphatic heterocycles. The van der Waals surface area contributed by atoms with Crippen LogP contribution in [-0.2, 0) is 14.3 Å². The molecule has 0 aromatic heterocycles. The normalized spacial score (nSPS) is 21.4. The minimum atomic E-state index is -1.03. The van der Waals surface area contributed by atoms with Crippen LogP contribution in [0.2, 0.25) is 0 Å². The summed E-state index contributed by atoms with van der Waals surface area (Å²) in [4.78, 5) is 22.8. The summed E-state index contributed by atoms with van der Waals surface area (Å²) in [7, 11) is 0. The van der Waals surface area contributed by atoms with Crippen molar-refractivity contribution in [3.8, 4) is 5.75 Å². The van der Waals surface area contributed by atoms with E-state index in [1.54, 1.807) is 0 Å². The first kappa shape index (κ1) is 20.9. The molecule has 0 saturated carbocycles. The Labute approximate surface area is 170 Å². The summed E-state index contributed by atoms with van der Waals surface area (Å²) in [5.41, 5.74) is 3.77. The van der Waals surface area contributed by atoms with Gasteiger partial charge in [0, 0.05) is 18.5 Å². The second-order valence-electron chi connectivity index (χ2n) is 7.58. The standard InChI is InChI=1S/C23H27NO5/c1-14-9-15(2)23(28-13-22(26)27)19(10-14)21-12-18(24-16(3)25)11-20(29-21)17-7-5-4-6-8-17/h4-10,18,20-21H,11-13H2,1-3H3,(H,24,25)(H,26,27)/t18-,20-,21+/m0/s1. The Hall–Kier alpha value is -2.86. The first-order valence-corrected chi connectivity index (χ1v) is 9.76. The minimum Gasteiger partial charge on any atom is -0.481 e. The molecule has 3 rings (SSSR count). The van der Waals surface area contributed by atoms with Gasteiger partial charge in [0.25, 0.3) is 0 Å². The summed E-state index contributed by atoms with van der Waals surface area (Å²) in [5, 5.41) is 12.1. The number of carboxylic acids is 1. The van der Waals surface area contributed by atoms with Gasteiger partial charge < -0.3 is 19.9 Å². The van der Waals surface area contributed by atoms with Gasteiger partial charge in [-0.25, -0.2) is 4.79 Å². The molecule has 0 spiro atoms. The van der Waals surface area contributed by atoms with E-state index in [4.69, 9.17) is 14.6 Å². The van der Waals surface area contributed by atoms with E-state index < -0.39 is 12.6 Å². The number of aliphatic carboxylic acids is 1. The van der Waals surface area contributed by atoms with Crippen LogP contribution in [0.1, 0.15) is 54.2 Å². The number of hydrogen-bond acceptors (Lipinski definition) is 4. The van der Waals surface area contributed by atoms with Gasteiger partial charge in [-0.15, -0.1) is 0 Å². The molecule has 1 heterocycles. The van der Waals surface area contributed by atoms with Crippen LogP contribution < -0.4 is 10.1 Å². The molecule has 0 radical (unpaired) electrons. The molecule has 1 saturated heterocycles. The highest BCUT2D eigenvalue weighted by molar-refractivity contribution is 5.73. The Kier molecular flexibility index (Phi) is 6.54. The van der Waals surface area contributed by atoms with Crippen molar-refractivity contribution < 1.29 is 24.2 Å². The maximum atomic E-state index is 11.7. The predicted octanol–water partition coefficient (Wildman–Crippen LogP) is 3.86. The van der Waals surface area contributed by atoms with E-state index in [2.05, 4.69) is 5.32 Å². The van der Waals surface area contributed by atoms with Gasteiger partial charge in [-0.3, -0.25) is 4.79 Å². The first-order chi connectivity index (χ1) is 13.8. The van der Waals surface area contributed by atoms with Gasteiger partial charge in [0.1, 0.15) is 5.75 Å². The SMILES string of the molecule is CC(=O)N[C@H]1C[C@@H](c2ccccc2)O[C@@H](c2cc(C)cc(C)c2OCC(=O)O)C1. The zero-order valence-electron chi connectivity index (χ0n) is 17.0. The van der Waals surface area contributed by atoms with Crippen LogP contribution in [0.3, 0.4) is 0 Å². The van der Waals surface area contributed by atoms with Gasteiger partial charge >= 0.3 is 5.97 Å². The van der Waals surface area contributed by atoms with Crippen LogP contribution >= 0.6 is 0 Å². The molecule has 1 amide bonds. The zero-order chi connectivity index (χ0) is 21.0. The average molecular weight is 397 g/mol. The number of ether oxygens (including phenoxy) is 2. The lowest BCUT2D eigenvalue weighted by Crippen LogP contribution is -2.39. The Balaban J connectivity index is 1.96. The maximum Gasteiger partial charge on any atom is 0.341 e. The topological polar surface area (TPSA) is 84.9 Å². The average Bonchev–Trinajstić information content (AvgIpc) is 2.66. The van der Waals surface area contributed by atoms with Gasteiger partial charge in [0.2, 0.25) is 5.91 Å². The third kappa shape index (κ3) is 5.35. The number of carbonyl (C=O) groups excluding carboxylic acids is 1. The second kappa shape index (κ2) is 9.09. The van der Waals surface area contributed by atoms with Crippen molar-refractivity contribution in [2.75, 3.05) is 6.61 Å². The molecular formula is C23H27NO5. The van der Waals surface area contributed by atoms with Crippen LogP contribution in [0.25, 0.3) is 0 Å². The van der Waals surface area contributed by atoms with Gasteiger partial charge in [-0.2, -0.15) is 0 Å². The molecule has 0 unspecified atom stereocenters. The molecule has 0 bridgehead atoms. The smallest absolute Gasteiger partial charge is 0.341 e. The molecular weight excluding hydrogens is 370 g/mol. The summed E-state index contributed by atoms with van der Waals surface area (Å²) < 4.78 is 12.1. The van der Waals surface area contributed by atoms with Gasteiger partial charge in [0.15, 0.2) is 6.61 Å². The Morgan fingerprint density at radius 3 is 2.48 bits per heavy atom. The monoisotopic (exact) mass is 397 g/mol. The summed E-state index contributed by atoms with van der Waals surface area (Å²) >= 11 is 0. The summed E-state index contributed by atoms with van der Waals surface area (Å²) in [6.45, 7) is 4.98. The number of carboxylic acid groups (broad SMARTS) is 1. The highest BCUT2D eigenvalue weighted by Crippen LogP contribution is 2.43. The highest BCUT2D eigenvalue weighted by atomic mass is 16.5. The van der Waals surface area contributed by atoms with E-state index in [9.17, 15) is 9.59 Å². The zero-order valence-corrected chi connectivity index (χ0v) is 17.0. The maximum absolute atomic E-state index is 11.7. The van der Waals surface area contributed by atoms with Crippen molar-refractivity contribution >= 4 is 11.9 Å². The molecule has 1 aliphatic rings. The lowest BCUT2D eigenvalue weighted by atomic mass is 9.89. The number of amides is 1. The van der Waals surface area contributed by atoms with Crippen LogP contribution in [0, 0.1) is 13.8 Å². The Morgan fingerprint density at radius 1 is 1.14 bits per heavy atom. The fourth-order valence-electron chi connectivity index (χ4n) is 3.97. The van der Waals surface area contributed by atoms with E-state index in [1.165, 1.54) is 6.92 Å². The number of aryl methyl sites for hydroxylation is 2. The van der Waals surface area contributed by atoms with Crippen molar-refractivity contribution in [1.82, 2.24) is 5.32 Å². The highest BCUT2D eigenvalue weighted by Gasteiger charge is 2.33. The number of nitrogens with one attached hydrogen (secondary N) is 1. The number of rotatable bonds is 6. The molecule has 2 N–H and O–H groups in total. The van der Waals surface area contributed by atoms with Crippen molar-refractivity contribution in [3.05, 3.63) is 64.7 Å². The van der Waals surface area contributed by atoms with Crippen molar-refractivity contribution in [3.63, 3.8) is 0 Å². The largest absolute Gasteiger partial charge is 0.481 e. The number of benzene rings is 2. The van der Waals surface area contributed by atoms with Gasteiger partial charge in [-0.05, 0) is 43.9 Å². The minimum absolute atomic E-state index is 0.0513.